The Labute approximate surface area is 113 Å². The van der Waals surface area contributed by atoms with Crippen molar-refractivity contribution in [2.75, 3.05) is 0 Å². The Morgan fingerprint density at radius 3 is 2.37 bits per heavy atom. The van der Waals surface area contributed by atoms with Crippen molar-refractivity contribution in [3.8, 4) is 12.8 Å². The van der Waals surface area contributed by atoms with Crippen molar-refractivity contribution in [3.05, 3.63) is 52.0 Å². The number of fused-ring (bicyclic) bond motifs is 1. The van der Waals surface area contributed by atoms with Crippen molar-refractivity contribution in [2.45, 2.75) is 20.8 Å². The second-order valence-corrected chi connectivity index (χ2v) is 4.31. The molecule has 0 radical (unpaired) electrons. The molecule has 2 aromatic rings. The zero-order valence-electron chi connectivity index (χ0n) is 11.4. The van der Waals surface area contributed by atoms with E-state index >= 15 is 0 Å². The van der Waals surface area contributed by atoms with E-state index in [1.165, 1.54) is 5.57 Å². The van der Waals surface area contributed by atoms with Crippen molar-refractivity contribution in [2.24, 2.45) is 0 Å². The maximum absolute atomic E-state index is 11.2. The highest BCUT2D eigenvalue weighted by molar-refractivity contribution is 5.83. The maximum Gasteiger partial charge on any atom is 0.323 e. The Morgan fingerprint density at radius 2 is 1.79 bits per heavy atom. The second kappa shape index (κ2) is 6.46. The summed E-state index contributed by atoms with van der Waals surface area (Å²) in [5, 5.41) is 0. The quantitative estimate of drug-likeness (QED) is 0.625. The highest BCUT2D eigenvalue weighted by Crippen LogP contribution is 2.20. The van der Waals surface area contributed by atoms with Crippen LogP contribution in [0.15, 0.2) is 40.7 Å². The van der Waals surface area contributed by atoms with Crippen LogP contribution in [0.1, 0.15) is 26.3 Å². The van der Waals surface area contributed by atoms with E-state index in [9.17, 15) is 4.79 Å². The van der Waals surface area contributed by atoms with E-state index in [0.29, 0.717) is 0 Å². The van der Waals surface area contributed by atoms with Gasteiger partial charge in [0.1, 0.15) is 0 Å². The number of terminal acetylenes is 1. The summed E-state index contributed by atoms with van der Waals surface area (Å²) < 4.78 is 0. The molecule has 1 heterocycles. The number of hydrogen-bond acceptors (Lipinski definition) is 1. The normalized spacial score (nSPS) is 10.7. The van der Waals surface area contributed by atoms with Gasteiger partial charge in [-0.1, -0.05) is 23.8 Å². The van der Waals surface area contributed by atoms with Crippen LogP contribution in [-0.2, 0) is 0 Å². The molecule has 2 N–H and O–H groups in total. The van der Waals surface area contributed by atoms with Crippen molar-refractivity contribution >= 4 is 16.6 Å². The molecule has 3 heteroatoms. The van der Waals surface area contributed by atoms with Gasteiger partial charge >= 0.3 is 5.69 Å². The van der Waals surface area contributed by atoms with Gasteiger partial charge in [0, 0.05) is 0 Å². The molecule has 0 aliphatic rings. The zero-order chi connectivity index (χ0) is 14.4. The Kier molecular flexibility index (Phi) is 4.96. The molecule has 0 saturated carbocycles. The van der Waals surface area contributed by atoms with Gasteiger partial charge in [-0.3, -0.25) is 0 Å². The van der Waals surface area contributed by atoms with Gasteiger partial charge < -0.3 is 9.97 Å². The van der Waals surface area contributed by atoms with Crippen molar-refractivity contribution in [1.82, 2.24) is 9.97 Å². The first kappa shape index (κ1) is 14.6. The van der Waals surface area contributed by atoms with Gasteiger partial charge in [-0.15, -0.1) is 12.8 Å². The van der Waals surface area contributed by atoms with Gasteiger partial charge in [0.25, 0.3) is 0 Å². The number of aromatic amines is 2. The molecular weight excluding hydrogens is 236 g/mol. The molecule has 1 aromatic carbocycles. The van der Waals surface area contributed by atoms with E-state index < -0.39 is 0 Å². The molecule has 1 aromatic heterocycles. The average Bonchev–Trinajstić information content (AvgIpc) is 2.77. The lowest BCUT2D eigenvalue weighted by atomic mass is 10.0. The number of nitrogens with one attached hydrogen (secondary N) is 2. The van der Waals surface area contributed by atoms with Crippen LogP contribution in [0.2, 0.25) is 0 Å². The summed E-state index contributed by atoms with van der Waals surface area (Å²) in [7, 11) is 0. The van der Waals surface area contributed by atoms with Crippen molar-refractivity contribution < 1.29 is 0 Å². The highest BCUT2D eigenvalue weighted by atomic mass is 16.1. The lowest BCUT2D eigenvalue weighted by Crippen LogP contribution is -1.99. The van der Waals surface area contributed by atoms with Crippen LogP contribution in [0.5, 0.6) is 0 Å². The third-order valence-electron chi connectivity index (χ3n) is 2.60. The molecule has 0 atom stereocenters. The third-order valence-corrected chi connectivity index (χ3v) is 2.60. The molecule has 19 heavy (non-hydrogen) atoms. The summed E-state index contributed by atoms with van der Waals surface area (Å²) >= 11 is 0. The Hall–Kier alpha value is -2.47. The maximum atomic E-state index is 11.2. The number of hydrogen-bond donors (Lipinski definition) is 2. The Balaban J connectivity index is 0.000000861. The summed E-state index contributed by atoms with van der Waals surface area (Å²) in [4.78, 5) is 16.7. The molecule has 0 unspecified atom stereocenters. The van der Waals surface area contributed by atoms with Crippen molar-refractivity contribution in [1.29, 1.82) is 0 Å². The third kappa shape index (κ3) is 3.49. The minimum atomic E-state index is -0.165. The van der Waals surface area contributed by atoms with Crippen LogP contribution in [0, 0.1) is 12.8 Å². The fourth-order valence-corrected chi connectivity index (χ4v) is 1.86. The molecule has 0 saturated heterocycles. The van der Waals surface area contributed by atoms with E-state index in [1.807, 2.05) is 25.1 Å². The SMILES string of the molecule is C#C.C/C=C(\C=C(C)C)c1ccc2[nH]c(=O)[nH]c2c1. The molecule has 0 aliphatic heterocycles. The van der Waals surface area contributed by atoms with Gasteiger partial charge in [0.15, 0.2) is 0 Å². The van der Waals surface area contributed by atoms with Gasteiger partial charge in [-0.05, 0) is 44.0 Å². The number of allylic oxidation sites excluding steroid dienone is 4. The van der Waals surface area contributed by atoms with Gasteiger partial charge in [-0.2, -0.15) is 0 Å². The van der Waals surface area contributed by atoms with Crippen LogP contribution in [0.3, 0.4) is 0 Å². The van der Waals surface area contributed by atoms with E-state index in [4.69, 9.17) is 0 Å². The molecule has 3 nitrogen and oxygen atoms in total. The summed E-state index contributed by atoms with van der Waals surface area (Å²) in [6.07, 6.45) is 12.2. The smallest absolute Gasteiger partial charge is 0.306 e. The van der Waals surface area contributed by atoms with Crippen LogP contribution < -0.4 is 5.69 Å². The first-order valence-electron chi connectivity index (χ1n) is 5.97. The lowest BCUT2D eigenvalue weighted by Gasteiger charge is -2.03. The van der Waals surface area contributed by atoms with E-state index in [1.54, 1.807) is 0 Å². The number of imidazole rings is 1. The van der Waals surface area contributed by atoms with Gasteiger partial charge in [0.05, 0.1) is 11.0 Å². The largest absolute Gasteiger partial charge is 0.323 e. The van der Waals surface area contributed by atoms with Crippen LogP contribution in [0.25, 0.3) is 16.6 Å². The molecule has 98 valence electrons. The molecule has 0 aliphatic carbocycles. The zero-order valence-corrected chi connectivity index (χ0v) is 11.4. The summed E-state index contributed by atoms with van der Waals surface area (Å²) in [5.74, 6) is 0. The number of benzene rings is 1. The molecule has 2 rings (SSSR count). The number of H-pyrrole nitrogens is 2. The molecule has 0 fully saturated rings. The standard InChI is InChI=1S/C14H16N2O.C2H2/c1-4-10(7-9(2)3)11-5-6-12-13(8-11)16-14(17)15-12;1-2/h4-8H,1-3H3,(H2,15,16,17);1-2H/b10-4+;. The Morgan fingerprint density at radius 1 is 1.16 bits per heavy atom. The van der Waals surface area contributed by atoms with E-state index in [0.717, 1.165) is 22.2 Å². The molecular formula is C16H18N2O. The Bertz CT molecular complexity index is 692. The van der Waals surface area contributed by atoms with Crippen LogP contribution >= 0.6 is 0 Å². The fraction of sp³-hybridized carbons (Fsp3) is 0.188. The minimum absolute atomic E-state index is 0.165. The minimum Gasteiger partial charge on any atom is -0.306 e. The second-order valence-electron chi connectivity index (χ2n) is 4.31. The van der Waals surface area contributed by atoms with Crippen LogP contribution in [-0.4, -0.2) is 9.97 Å². The number of aromatic nitrogens is 2. The van der Waals surface area contributed by atoms with Crippen molar-refractivity contribution in [3.63, 3.8) is 0 Å². The summed E-state index contributed by atoms with van der Waals surface area (Å²) in [6.45, 7) is 6.15. The summed E-state index contributed by atoms with van der Waals surface area (Å²) in [5.41, 5.74) is 5.04. The van der Waals surface area contributed by atoms with Gasteiger partial charge in [-0.25, -0.2) is 4.79 Å². The van der Waals surface area contributed by atoms with Gasteiger partial charge in [0.2, 0.25) is 0 Å². The molecule has 0 amide bonds. The first-order chi connectivity index (χ1) is 9.10. The topological polar surface area (TPSA) is 48.6 Å². The summed E-state index contributed by atoms with van der Waals surface area (Å²) in [6, 6.07) is 5.92. The lowest BCUT2D eigenvalue weighted by molar-refractivity contribution is 1.21. The molecule has 0 bridgehead atoms. The fourth-order valence-electron chi connectivity index (χ4n) is 1.86. The first-order valence-corrected chi connectivity index (χ1v) is 5.97. The van der Waals surface area contributed by atoms with Crippen LogP contribution in [0.4, 0.5) is 0 Å². The monoisotopic (exact) mass is 254 g/mol. The molecule has 0 spiro atoms. The predicted octanol–water partition coefficient (Wildman–Crippen LogP) is 3.48. The van der Waals surface area contributed by atoms with E-state index in [-0.39, 0.29) is 5.69 Å². The number of rotatable bonds is 2. The van der Waals surface area contributed by atoms with E-state index in [2.05, 4.69) is 48.8 Å². The predicted molar refractivity (Wildman–Crippen MR) is 81.9 cm³/mol. The average molecular weight is 254 g/mol. The highest BCUT2D eigenvalue weighted by Gasteiger charge is 2.02.